The summed E-state index contributed by atoms with van der Waals surface area (Å²) in [6.07, 6.45) is 2.40. The molecule has 1 unspecified atom stereocenters. The van der Waals surface area contributed by atoms with E-state index in [2.05, 4.69) is 4.99 Å². The number of fused-ring (bicyclic) bond motifs is 1. The van der Waals surface area contributed by atoms with Crippen molar-refractivity contribution in [1.82, 2.24) is 4.90 Å². The first-order valence-corrected chi connectivity index (χ1v) is 6.86. The number of non-ortho nitro benzene ring substituents is 1. The van der Waals surface area contributed by atoms with E-state index < -0.39 is 10.5 Å². The van der Waals surface area contributed by atoms with Gasteiger partial charge in [-0.15, -0.1) is 0 Å². The standard InChI is InChI=1S/C15H18N4O3/c1-15(2)8-12(14(17-9-16)18(3)4)11-7-10(19(20)21)5-6-13(11)22-15/h5-7,12H,8H2,1-4H3. The van der Waals surface area contributed by atoms with Gasteiger partial charge in [0.1, 0.15) is 17.2 Å². The number of nitriles is 1. The van der Waals surface area contributed by atoms with Gasteiger partial charge < -0.3 is 9.64 Å². The average molecular weight is 302 g/mol. The molecule has 7 heteroatoms. The van der Waals surface area contributed by atoms with Gasteiger partial charge in [-0.05, 0) is 19.9 Å². The lowest BCUT2D eigenvalue weighted by Crippen LogP contribution is -2.40. The molecule has 1 aliphatic rings. The van der Waals surface area contributed by atoms with Crippen LogP contribution in [0.2, 0.25) is 0 Å². The van der Waals surface area contributed by atoms with Crippen molar-refractivity contribution >= 4 is 11.5 Å². The van der Waals surface area contributed by atoms with Crippen LogP contribution in [0.25, 0.3) is 0 Å². The molecule has 2 rings (SSSR count). The lowest BCUT2D eigenvalue weighted by atomic mass is 9.83. The van der Waals surface area contributed by atoms with Gasteiger partial charge in [0.15, 0.2) is 0 Å². The quantitative estimate of drug-likeness (QED) is 0.275. The minimum absolute atomic E-state index is 0.00196. The molecule has 116 valence electrons. The van der Waals surface area contributed by atoms with Crippen molar-refractivity contribution in [3.05, 3.63) is 33.9 Å². The Kier molecular flexibility index (Phi) is 4.04. The smallest absolute Gasteiger partial charge is 0.269 e. The number of ether oxygens (including phenoxy) is 1. The molecule has 0 fully saturated rings. The second kappa shape index (κ2) is 5.64. The average Bonchev–Trinajstić information content (AvgIpc) is 2.42. The van der Waals surface area contributed by atoms with Crippen LogP contribution >= 0.6 is 0 Å². The SMILES string of the molecule is CN(C)C(=NC#N)C1CC(C)(C)Oc2ccc([N+](=O)[O-])cc21. The molecule has 0 N–H and O–H groups in total. The molecule has 0 bridgehead atoms. The molecule has 1 atom stereocenters. The molecule has 0 aliphatic carbocycles. The van der Waals surface area contributed by atoms with Crippen LogP contribution in [-0.4, -0.2) is 35.4 Å². The predicted octanol–water partition coefficient (Wildman–Crippen LogP) is 2.68. The molecule has 1 aromatic rings. The Hall–Kier alpha value is -2.62. The number of nitro benzene ring substituents is 1. The van der Waals surface area contributed by atoms with Gasteiger partial charge in [0.2, 0.25) is 6.19 Å². The lowest BCUT2D eigenvalue weighted by molar-refractivity contribution is -0.385. The number of nitro groups is 1. The number of likely N-dealkylation sites (N-methyl/N-ethyl adjacent to an activating group) is 1. The monoisotopic (exact) mass is 302 g/mol. The van der Waals surface area contributed by atoms with Gasteiger partial charge in [-0.25, -0.2) is 0 Å². The molecule has 1 aromatic carbocycles. The van der Waals surface area contributed by atoms with E-state index >= 15 is 0 Å². The van der Waals surface area contributed by atoms with Crippen molar-refractivity contribution in [3.8, 4) is 11.9 Å². The van der Waals surface area contributed by atoms with Gasteiger partial charge in [0.25, 0.3) is 5.69 Å². The Morgan fingerprint density at radius 3 is 2.77 bits per heavy atom. The first kappa shape index (κ1) is 15.8. The first-order valence-electron chi connectivity index (χ1n) is 6.86. The van der Waals surface area contributed by atoms with Crippen LogP contribution in [0.3, 0.4) is 0 Å². The van der Waals surface area contributed by atoms with Crippen molar-refractivity contribution < 1.29 is 9.66 Å². The normalized spacial score (nSPS) is 19.6. The van der Waals surface area contributed by atoms with Crippen LogP contribution in [-0.2, 0) is 0 Å². The number of hydrogen-bond donors (Lipinski definition) is 0. The van der Waals surface area contributed by atoms with Gasteiger partial charge in [-0.2, -0.15) is 10.3 Å². The van der Waals surface area contributed by atoms with Crippen LogP contribution in [0.1, 0.15) is 31.7 Å². The van der Waals surface area contributed by atoms with Gasteiger partial charge in [-0.3, -0.25) is 10.1 Å². The second-order valence-electron chi connectivity index (χ2n) is 6.06. The molecule has 0 saturated heterocycles. The highest BCUT2D eigenvalue weighted by atomic mass is 16.6. The largest absolute Gasteiger partial charge is 0.488 e. The minimum Gasteiger partial charge on any atom is -0.488 e. The summed E-state index contributed by atoms with van der Waals surface area (Å²) >= 11 is 0. The Labute approximate surface area is 129 Å². The molecule has 7 nitrogen and oxygen atoms in total. The molecule has 22 heavy (non-hydrogen) atoms. The van der Waals surface area contributed by atoms with Gasteiger partial charge >= 0.3 is 0 Å². The maximum Gasteiger partial charge on any atom is 0.269 e. The number of hydrogen-bond acceptors (Lipinski definition) is 5. The topological polar surface area (TPSA) is 91.8 Å². The van der Waals surface area contributed by atoms with Crippen LogP contribution in [0.4, 0.5) is 5.69 Å². The van der Waals surface area contributed by atoms with Crippen molar-refractivity contribution in [2.45, 2.75) is 31.8 Å². The summed E-state index contributed by atoms with van der Waals surface area (Å²) in [6, 6.07) is 4.54. The zero-order valence-electron chi connectivity index (χ0n) is 13.0. The Balaban J connectivity index is 2.60. The summed E-state index contributed by atoms with van der Waals surface area (Å²) in [4.78, 5) is 16.3. The maximum absolute atomic E-state index is 11.0. The summed E-state index contributed by atoms with van der Waals surface area (Å²) in [7, 11) is 3.60. The van der Waals surface area contributed by atoms with E-state index in [9.17, 15) is 10.1 Å². The van der Waals surface area contributed by atoms with Crippen LogP contribution < -0.4 is 4.74 Å². The highest BCUT2D eigenvalue weighted by molar-refractivity contribution is 5.90. The summed E-state index contributed by atoms with van der Waals surface area (Å²) in [5.74, 6) is 0.938. The Bertz CT molecular complexity index is 674. The number of rotatable bonds is 2. The van der Waals surface area contributed by atoms with Gasteiger partial charge in [0, 0.05) is 38.2 Å². The fourth-order valence-electron chi connectivity index (χ4n) is 2.73. The minimum atomic E-state index is -0.444. The molecule has 0 aromatic heterocycles. The summed E-state index contributed by atoms with van der Waals surface area (Å²) in [6.45, 7) is 3.90. The highest BCUT2D eigenvalue weighted by Gasteiger charge is 2.38. The number of aliphatic imine (C=N–C) groups is 1. The van der Waals surface area contributed by atoms with E-state index in [1.165, 1.54) is 12.1 Å². The Morgan fingerprint density at radius 1 is 1.55 bits per heavy atom. The van der Waals surface area contributed by atoms with E-state index in [0.29, 0.717) is 23.6 Å². The van der Waals surface area contributed by atoms with Crippen LogP contribution in [0.15, 0.2) is 23.2 Å². The number of nitrogens with zero attached hydrogens (tertiary/aromatic N) is 4. The molecule has 0 amide bonds. The summed E-state index contributed by atoms with van der Waals surface area (Å²) < 4.78 is 5.91. The lowest BCUT2D eigenvalue weighted by Gasteiger charge is -2.38. The third-order valence-electron chi connectivity index (χ3n) is 3.60. The van der Waals surface area contributed by atoms with E-state index in [1.54, 1.807) is 25.1 Å². The zero-order chi connectivity index (χ0) is 16.5. The number of benzene rings is 1. The van der Waals surface area contributed by atoms with E-state index in [-0.39, 0.29) is 11.6 Å². The van der Waals surface area contributed by atoms with Crippen molar-refractivity contribution in [2.24, 2.45) is 4.99 Å². The molecular weight excluding hydrogens is 284 g/mol. The van der Waals surface area contributed by atoms with Gasteiger partial charge in [-0.1, -0.05) is 0 Å². The van der Waals surface area contributed by atoms with Crippen molar-refractivity contribution in [1.29, 1.82) is 5.26 Å². The molecule has 0 saturated carbocycles. The van der Waals surface area contributed by atoms with Crippen molar-refractivity contribution in [2.75, 3.05) is 14.1 Å². The first-order chi connectivity index (χ1) is 10.2. The molecule has 0 spiro atoms. The summed E-state index contributed by atoms with van der Waals surface area (Å²) in [5.41, 5.74) is 0.249. The Morgan fingerprint density at radius 2 is 2.23 bits per heavy atom. The fourth-order valence-corrected chi connectivity index (χ4v) is 2.73. The maximum atomic E-state index is 11.0. The fraction of sp³-hybridized carbons (Fsp3) is 0.467. The van der Waals surface area contributed by atoms with Crippen molar-refractivity contribution in [3.63, 3.8) is 0 Å². The van der Waals surface area contributed by atoms with Gasteiger partial charge in [0.05, 0.1) is 10.8 Å². The summed E-state index contributed by atoms with van der Waals surface area (Å²) in [5, 5.41) is 20.0. The second-order valence-corrected chi connectivity index (χ2v) is 6.06. The number of amidine groups is 1. The molecule has 1 heterocycles. The van der Waals surface area contributed by atoms with E-state index in [4.69, 9.17) is 10.00 Å². The van der Waals surface area contributed by atoms with E-state index in [0.717, 1.165) is 0 Å². The van der Waals surface area contributed by atoms with E-state index in [1.807, 2.05) is 20.0 Å². The third-order valence-corrected chi connectivity index (χ3v) is 3.60. The molecular formula is C15H18N4O3. The van der Waals surface area contributed by atoms with Crippen LogP contribution in [0.5, 0.6) is 5.75 Å². The highest BCUT2D eigenvalue weighted by Crippen LogP contribution is 2.43. The predicted molar refractivity (Wildman–Crippen MR) is 81.9 cm³/mol. The molecule has 0 radical (unpaired) electrons. The third kappa shape index (κ3) is 3.01. The van der Waals surface area contributed by atoms with Crippen LogP contribution in [0, 0.1) is 21.6 Å². The molecule has 1 aliphatic heterocycles. The zero-order valence-corrected chi connectivity index (χ0v) is 13.0.